The van der Waals surface area contributed by atoms with Gasteiger partial charge in [0, 0.05) is 18.0 Å². The molecule has 0 atom stereocenters. The zero-order valence-corrected chi connectivity index (χ0v) is 12.6. The summed E-state index contributed by atoms with van der Waals surface area (Å²) in [5, 5.41) is 0. The van der Waals surface area contributed by atoms with Crippen LogP contribution in [0.15, 0.2) is 48.8 Å². The predicted octanol–water partition coefficient (Wildman–Crippen LogP) is 4.74. The van der Waals surface area contributed by atoms with Crippen LogP contribution in [-0.4, -0.2) is 4.98 Å². The molecule has 2 heteroatoms. The molecule has 2 nitrogen and oxygen atoms in total. The van der Waals surface area contributed by atoms with Crippen molar-refractivity contribution < 1.29 is 4.74 Å². The van der Waals surface area contributed by atoms with E-state index in [9.17, 15) is 0 Å². The van der Waals surface area contributed by atoms with Crippen LogP contribution < -0.4 is 4.74 Å². The molecule has 0 spiro atoms. The van der Waals surface area contributed by atoms with E-state index < -0.39 is 0 Å². The molecule has 2 aromatic rings. The van der Waals surface area contributed by atoms with Crippen LogP contribution >= 0.6 is 0 Å². The van der Waals surface area contributed by atoms with Gasteiger partial charge in [0.15, 0.2) is 0 Å². The first kappa shape index (κ1) is 14.6. The van der Waals surface area contributed by atoms with Crippen LogP contribution in [0.4, 0.5) is 0 Å². The molecule has 0 saturated heterocycles. The fourth-order valence-electron chi connectivity index (χ4n) is 2.26. The van der Waals surface area contributed by atoms with Crippen LogP contribution in [0.25, 0.3) is 0 Å². The molecule has 106 valence electrons. The summed E-state index contributed by atoms with van der Waals surface area (Å²) in [7, 11) is 0. The van der Waals surface area contributed by atoms with Crippen LogP contribution in [0.5, 0.6) is 5.75 Å². The van der Waals surface area contributed by atoms with Crippen molar-refractivity contribution in [3.63, 3.8) is 0 Å². The van der Waals surface area contributed by atoms with Gasteiger partial charge in [-0.15, -0.1) is 0 Å². The Morgan fingerprint density at radius 1 is 1.05 bits per heavy atom. The summed E-state index contributed by atoms with van der Waals surface area (Å²) in [6.07, 6.45) is 5.91. The number of hydrogen-bond donors (Lipinski definition) is 0. The molecule has 1 aromatic carbocycles. The van der Waals surface area contributed by atoms with Gasteiger partial charge in [-0.25, -0.2) is 0 Å². The van der Waals surface area contributed by atoms with Gasteiger partial charge >= 0.3 is 0 Å². The van der Waals surface area contributed by atoms with Crippen LogP contribution in [0.1, 0.15) is 44.7 Å². The van der Waals surface area contributed by atoms with E-state index in [2.05, 4.69) is 50.0 Å². The van der Waals surface area contributed by atoms with Crippen molar-refractivity contribution in [2.45, 2.75) is 45.6 Å². The summed E-state index contributed by atoms with van der Waals surface area (Å²) in [4.78, 5) is 4.09. The zero-order chi connectivity index (χ0) is 14.4. The standard InChI is InChI=1S/C18H23NO/c1-4-18(3,5-2)16-8-10-17(11-9-16)20-14-15-7-6-12-19-13-15/h6-13H,4-5,14H2,1-3H3. The Hall–Kier alpha value is -1.83. The maximum absolute atomic E-state index is 5.79. The van der Waals surface area contributed by atoms with E-state index in [1.807, 2.05) is 18.3 Å². The molecule has 0 radical (unpaired) electrons. The summed E-state index contributed by atoms with van der Waals surface area (Å²) in [6, 6.07) is 12.4. The molecule has 0 aliphatic carbocycles. The van der Waals surface area contributed by atoms with Gasteiger partial charge in [0.05, 0.1) is 0 Å². The summed E-state index contributed by atoms with van der Waals surface area (Å²) >= 11 is 0. The summed E-state index contributed by atoms with van der Waals surface area (Å²) in [5.74, 6) is 0.909. The fourth-order valence-corrected chi connectivity index (χ4v) is 2.26. The minimum atomic E-state index is 0.266. The topological polar surface area (TPSA) is 22.1 Å². The predicted molar refractivity (Wildman–Crippen MR) is 82.9 cm³/mol. The number of ether oxygens (including phenoxy) is 1. The van der Waals surface area contributed by atoms with Gasteiger partial charge in [0.2, 0.25) is 0 Å². The highest BCUT2D eigenvalue weighted by atomic mass is 16.5. The molecule has 20 heavy (non-hydrogen) atoms. The Kier molecular flexibility index (Phi) is 4.78. The molecule has 0 N–H and O–H groups in total. The maximum Gasteiger partial charge on any atom is 0.119 e. The minimum absolute atomic E-state index is 0.266. The van der Waals surface area contributed by atoms with Crippen LogP contribution in [-0.2, 0) is 12.0 Å². The average Bonchev–Trinajstić information content (AvgIpc) is 2.53. The van der Waals surface area contributed by atoms with E-state index in [0.29, 0.717) is 6.61 Å². The third-order valence-corrected chi connectivity index (χ3v) is 4.24. The second kappa shape index (κ2) is 6.56. The number of hydrogen-bond acceptors (Lipinski definition) is 2. The molecule has 0 amide bonds. The zero-order valence-electron chi connectivity index (χ0n) is 12.6. The SMILES string of the molecule is CCC(C)(CC)c1ccc(OCc2cccnc2)cc1. The number of pyridine rings is 1. The molecule has 0 unspecified atom stereocenters. The van der Waals surface area contributed by atoms with E-state index in [-0.39, 0.29) is 5.41 Å². The maximum atomic E-state index is 5.79. The van der Waals surface area contributed by atoms with Crippen LogP contribution in [0.2, 0.25) is 0 Å². The third-order valence-electron chi connectivity index (χ3n) is 4.24. The van der Waals surface area contributed by atoms with Gasteiger partial charge in [0.1, 0.15) is 12.4 Å². The molecular weight excluding hydrogens is 246 g/mol. The minimum Gasteiger partial charge on any atom is -0.489 e. The summed E-state index contributed by atoms with van der Waals surface area (Å²) in [6.45, 7) is 7.37. The lowest BCUT2D eigenvalue weighted by atomic mass is 9.78. The Morgan fingerprint density at radius 2 is 1.75 bits per heavy atom. The Bertz CT molecular complexity index is 515. The van der Waals surface area contributed by atoms with Crippen molar-refractivity contribution in [3.8, 4) is 5.75 Å². The highest BCUT2D eigenvalue weighted by molar-refractivity contribution is 5.32. The normalized spacial score (nSPS) is 11.3. The largest absolute Gasteiger partial charge is 0.489 e. The van der Waals surface area contributed by atoms with Crippen molar-refractivity contribution in [2.75, 3.05) is 0 Å². The average molecular weight is 269 g/mol. The molecule has 1 heterocycles. The lowest BCUT2D eigenvalue weighted by molar-refractivity contribution is 0.305. The number of aromatic nitrogens is 1. The number of benzene rings is 1. The second-order valence-corrected chi connectivity index (χ2v) is 5.44. The van der Waals surface area contributed by atoms with Gasteiger partial charge < -0.3 is 4.74 Å². The van der Waals surface area contributed by atoms with E-state index in [4.69, 9.17) is 4.74 Å². The van der Waals surface area contributed by atoms with Gasteiger partial charge in [-0.2, -0.15) is 0 Å². The Balaban J connectivity index is 2.02. The van der Waals surface area contributed by atoms with Crippen molar-refractivity contribution in [2.24, 2.45) is 0 Å². The molecule has 0 fully saturated rings. The van der Waals surface area contributed by atoms with Crippen LogP contribution in [0.3, 0.4) is 0 Å². The van der Waals surface area contributed by atoms with Gasteiger partial charge in [-0.1, -0.05) is 39.0 Å². The Labute approximate surface area is 121 Å². The van der Waals surface area contributed by atoms with E-state index in [1.54, 1.807) is 6.20 Å². The van der Waals surface area contributed by atoms with E-state index >= 15 is 0 Å². The van der Waals surface area contributed by atoms with Crippen molar-refractivity contribution in [3.05, 3.63) is 59.9 Å². The lowest BCUT2D eigenvalue weighted by Crippen LogP contribution is -2.19. The number of rotatable bonds is 6. The summed E-state index contributed by atoms with van der Waals surface area (Å²) < 4.78 is 5.79. The molecule has 0 bridgehead atoms. The molecule has 2 rings (SSSR count). The molecule has 0 aliphatic heterocycles. The fraction of sp³-hybridized carbons (Fsp3) is 0.389. The van der Waals surface area contributed by atoms with E-state index in [0.717, 1.165) is 24.2 Å². The third kappa shape index (κ3) is 3.38. The molecule has 0 saturated carbocycles. The summed E-state index contributed by atoms with van der Waals surface area (Å²) in [5.41, 5.74) is 2.74. The molecule has 0 aliphatic rings. The first-order valence-electron chi connectivity index (χ1n) is 7.30. The van der Waals surface area contributed by atoms with Gasteiger partial charge in [0.25, 0.3) is 0 Å². The lowest BCUT2D eigenvalue weighted by Gasteiger charge is -2.27. The molecule has 1 aromatic heterocycles. The van der Waals surface area contributed by atoms with Crippen molar-refractivity contribution in [1.82, 2.24) is 4.98 Å². The highest BCUT2D eigenvalue weighted by Crippen LogP contribution is 2.31. The smallest absolute Gasteiger partial charge is 0.119 e. The van der Waals surface area contributed by atoms with Gasteiger partial charge in [-0.3, -0.25) is 4.98 Å². The van der Waals surface area contributed by atoms with Crippen LogP contribution in [0, 0.1) is 0 Å². The Morgan fingerprint density at radius 3 is 2.30 bits per heavy atom. The van der Waals surface area contributed by atoms with E-state index in [1.165, 1.54) is 5.56 Å². The second-order valence-electron chi connectivity index (χ2n) is 5.44. The highest BCUT2D eigenvalue weighted by Gasteiger charge is 2.21. The molecular formula is C18H23NO. The van der Waals surface area contributed by atoms with Gasteiger partial charge in [-0.05, 0) is 42.0 Å². The monoisotopic (exact) mass is 269 g/mol. The number of nitrogens with zero attached hydrogens (tertiary/aromatic N) is 1. The first-order chi connectivity index (χ1) is 9.68. The first-order valence-corrected chi connectivity index (χ1v) is 7.30. The van der Waals surface area contributed by atoms with Crippen molar-refractivity contribution in [1.29, 1.82) is 0 Å². The van der Waals surface area contributed by atoms with Crippen molar-refractivity contribution >= 4 is 0 Å². The quantitative estimate of drug-likeness (QED) is 0.755.